The first-order valence-electron chi connectivity index (χ1n) is 10.2. The molecular formula is C21H29F3N2O3S. The number of amides is 1. The molecule has 5 nitrogen and oxygen atoms in total. The van der Waals surface area contributed by atoms with Crippen LogP contribution in [0.15, 0.2) is 18.2 Å². The molecule has 2 saturated heterocycles. The molecule has 3 unspecified atom stereocenters. The van der Waals surface area contributed by atoms with Crippen molar-refractivity contribution in [2.24, 2.45) is 5.92 Å². The lowest BCUT2D eigenvalue weighted by Gasteiger charge is -2.40. The second-order valence-electron chi connectivity index (χ2n) is 9.30. The van der Waals surface area contributed by atoms with Crippen LogP contribution in [0.5, 0.6) is 0 Å². The molecule has 2 aliphatic heterocycles. The number of benzene rings is 1. The highest BCUT2D eigenvalue weighted by Gasteiger charge is 2.53. The van der Waals surface area contributed by atoms with E-state index in [-0.39, 0.29) is 18.4 Å². The van der Waals surface area contributed by atoms with Gasteiger partial charge in [0.25, 0.3) is 5.92 Å². The standard InChI is InChI=1S/C21H29F3N2O3S/c1-12(25-30(29)20(2,3)4)16-6-5-7-17(18(16)22)21(23,24)13-10-14-8-9-15(11-13)26(14)19(27)28/h5-7,12-15,25H,8-11H2,1-4H3,(H,27,28)/t12?,13?,14?,15?,30-/m1/s1. The summed E-state index contributed by atoms with van der Waals surface area (Å²) in [7, 11) is 0. The molecule has 2 bridgehead atoms. The second-order valence-corrected chi connectivity index (χ2v) is 11.3. The van der Waals surface area contributed by atoms with Gasteiger partial charge in [-0.3, -0.25) is 0 Å². The lowest BCUT2D eigenvalue weighted by molar-refractivity contribution is -0.0969. The lowest BCUT2D eigenvalue weighted by atomic mass is 9.82. The Balaban J connectivity index is 1.84. The van der Waals surface area contributed by atoms with Crippen LogP contribution in [-0.2, 0) is 17.3 Å². The number of hydrogen-bond donors (Lipinski definition) is 2. The van der Waals surface area contributed by atoms with Crippen LogP contribution in [-0.4, -0.2) is 37.5 Å². The van der Waals surface area contributed by atoms with Crippen LogP contribution in [0.3, 0.4) is 0 Å². The van der Waals surface area contributed by atoms with Gasteiger partial charge in [0.2, 0.25) is 0 Å². The average Bonchev–Trinajstić information content (AvgIpc) is 2.91. The van der Waals surface area contributed by atoms with Crippen molar-refractivity contribution < 1.29 is 27.6 Å². The SMILES string of the molecule is CC(N[S@+]([O-])C(C)(C)C)c1cccc(C(F)(F)C2CC3CCC(C2)N3C(=O)O)c1F. The molecular weight excluding hydrogens is 417 g/mol. The molecule has 2 fully saturated rings. The summed E-state index contributed by atoms with van der Waals surface area (Å²) in [5.74, 6) is -5.54. The summed E-state index contributed by atoms with van der Waals surface area (Å²) in [5, 5.41) is 9.34. The first kappa shape index (κ1) is 23.2. The Bertz CT molecular complexity index is 788. The molecule has 2 N–H and O–H groups in total. The Hall–Kier alpha value is -1.45. The molecule has 0 aliphatic carbocycles. The number of carboxylic acid groups (broad SMARTS) is 1. The van der Waals surface area contributed by atoms with Crippen molar-refractivity contribution in [1.82, 2.24) is 9.62 Å². The number of nitrogens with one attached hydrogen (secondary N) is 1. The average molecular weight is 447 g/mol. The fraction of sp³-hybridized carbons (Fsp3) is 0.667. The van der Waals surface area contributed by atoms with E-state index in [1.165, 1.54) is 17.0 Å². The number of alkyl halides is 2. The Morgan fingerprint density at radius 3 is 2.33 bits per heavy atom. The summed E-state index contributed by atoms with van der Waals surface area (Å²) < 4.78 is 60.6. The topological polar surface area (TPSA) is 75.6 Å². The van der Waals surface area contributed by atoms with E-state index in [2.05, 4.69) is 4.72 Å². The maximum Gasteiger partial charge on any atom is 0.407 e. The van der Waals surface area contributed by atoms with Crippen LogP contribution >= 0.6 is 0 Å². The first-order valence-corrected chi connectivity index (χ1v) is 11.3. The Morgan fingerprint density at radius 1 is 1.27 bits per heavy atom. The molecule has 9 heteroatoms. The third kappa shape index (κ3) is 4.29. The first-order chi connectivity index (χ1) is 13.8. The highest BCUT2D eigenvalue weighted by atomic mass is 32.2. The molecule has 0 saturated carbocycles. The van der Waals surface area contributed by atoms with Crippen LogP contribution < -0.4 is 4.72 Å². The van der Waals surface area contributed by atoms with E-state index in [0.29, 0.717) is 12.8 Å². The van der Waals surface area contributed by atoms with Gasteiger partial charge in [-0.05, 0) is 53.4 Å². The minimum absolute atomic E-state index is 0.0152. The van der Waals surface area contributed by atoms with Crippen molar-refractivity contribution in [3.05, 3.63) is 35.1 Å². The Morgan fingerprint density at radius 2 is 1.83 bits per heavy atom. The van der Waals surface area contributed by atoms with Gasteiger partial charge in [0.05, 0.1) is 11.6 Å². The van der Waals surface area contributed by atoms with Crippen LogP contribution in [0.25, 0.3) is 0 Å². The summed E-state index contributed by atoms with van der Waals surface area (Å²) >= 11 is -1.48. The smallest absolute Gasteiger partial charge is 0.407 e. The van der Waals surface area contributed by atoms with E-state index in [1.54, 1.807) is 27.7 Å². The maximum absolute atomic E-state index is 15.4. The van der Waals surface area contributed by atoms with E-state index >= 15 is 13.2 Å². The third-order valence-corrected chi connectivity index (χ3v) is 7.84. The van der Waals surface area contributed by atoms with Crippen molar-refractivity contribution >= 4 is 17.5 Å². The minimum Gasteiger partial charge on any atom is -0.598 e. The van der Waals surface area contributed by atoms with Gasteiger partial charge in [0, 0.05) is 34.9 Å². The summed E-state index contributed by atoms with van der Waals surface area (Å²) in [6, 6.07) is 2.30. The molecule has 30 heavy (non-hydrogen) atoms. The lowest BCUT2D eigenvalue weighted by Crippen LogP contribution is -2.49. The highest BCUT2D eigenvalue weighted by Crippen LogP contribution is 2.49. The zero-order valence-corrected chi connectivity index (χ0v) is 18.4. The Labute approximate surface area is 178 Å². The van der Waals surface area contributed by atoms with Crippen LogP contribution in [0.1, 0.15) is 70.5 Å². The highest BCUT2D eigenvalue weighted by molar-refractivity contribution is 7.90. The number of halogens is 3. The number of fused-ring (bicyclic) bond motifs is 2. The van der Waals surface area contributed by atoms with Gasteiger partial charge in [-0.1, -0.05) is 18.2 Å². The molecule has 2 heterocycles. The van der Waals surface area contributed by atoms with Gasteiger partial charge in [0.1, 0.15) is 10.6 Å². The van der Waals surface area contributed by atoms with Crippen molar-refractivity contribution in [1.29, 1.82) is 0 Å². The number of rotatable bonds is 5. The molecule has 2 aliphatic rings. The molecule has 4 atom stereocenters. The molecule has 3 rings (SSSR count). The zero-order valence-electron chi connectivity index (χ0n) is 17.6. The largest absolute Gasteiger partial charge is 0.598 e. The van der Waals surface area contributed by atoms with Crippen molar-refractivity contribution in [2.45, 2.75) is 82.2 Å². The van der Waals surface area contributed by atoms with Gasteiger partial charge in [0.15, 0.2) is 0 Å². The Kier molecular flexibility index (Phi) is 6.38. The molecule has 1 aromatic rings. The van der Waals surface area contributed by atoms with Crippen LogP contribution in [0.4, 0.5) is 18.0 Å². The number of nitrogens with zero attached hydrogens (tertiary/aromatic N) is 1. The number of carbonyl (C=O) groups is 1. The fourth-order valence-electron chi connectivity index (χ4n) is 4.55. The normalized spacial score (nSPS) is 26.5. The van der Waals surface area contributed by atoms with E-state index in [4.69, 9.17) is 0 Å². The number of piperidine rings is 1. The molecule has 0 spiro atoms. The predicted octanol–water partition coefficient (Wildman–Crippen LogP) is 4.95. The summed E-state index contributed by atoms with van der Waals surface area (Å²) in [6.45, 7) is 6.89. The van der Waals surface area contributed by atoms with Crippen LogP contribution in [0.2, 0.25) is 0 Å². The van der Waals surface area contributed by atoms with Gasteiger partial charge < -0.3 is 14.6 Å². The van der Waals surface area contributed by atoms with Crippen molar-refractivity contribution in [2.75, 3.05) is 0 Å². The van der Waals surface area contributed by atoms with Crippen LogP contribution in [0, 0.1) is 11.7 Å². The third-order valence-electron chi connectivity index (χ3n) is 6.16. The monoisotopic (exact) mass is 446 g/mol. The van der Waals surface area contributed by atoms with Gasteiger partial charge >= 0.3 is 6.09 Å². The molecule has 0 aromatic heterocycles. The number of hydrogen-bond acceptors (Lipinski definition) is 3. The van der Waals surface area contributed by atoms with E-state index in [9.17, 15) is 14.5 Å². The fourth-order valence-corrected chi connectivity index (χ4v) is 5.35. The van der Waals surface area contributed by atoms with E-state index in [1.807, 2.05) is 0 Å². The van der Waals surface area contributed by atoms with E-state index in [0.717, 1.165) is 6.07 Å². The van der Waals surface area contributed by atoms with Crippen molar-refractivity contribution in [3.63, 3.8) is 0 Å². The molecule has 168 valence electrons. The predicted molar refractivity (Wildman–Crippen MR) is 109 cm³/mol. The maximum atomic E-state index is 15.4. The van der Waals surface area contributed by atoms with Gasteiger partial charge in [-0.25, -0.2) is 18.0 Å². The minimum atomic E-state index is -3.42. The zero-order chi connectivity index (χ0) is 22.4. The second kappa shape index (κ2) is 8.24. The van der Waals surface area contributed by atoms with E-state index < -0.39 is 63.5 Å². The summed E-state index contributed by atoms with van der Waals surface area (Å²) in [6.07, 6.45) is 0.0732. The molecule has 1 aromatic carbocycles. The van der Waals surface area contributed by atoms with Crippen molar-refractivity contribution in [3.8, 4) is 0 Å². The summed E-state index contributed by atoms with van der Waals surface area (Å²) in [5.41, 5.74) is -0.640. The quantitative estimate of drug-likeness (QED) is 0.628. The van der Waals surface area contributed by atoms with Gasteiger partial charge in [-0.2, -0.15) is 0 Å². The van der Waals surface area contributed by atoms with Gasteiger partial charge in [-0.15, -0.1) is 4.72 Å². The molecule has 0 radical (unpaired) electrons. The molecule has 1 amide bonds. The summed E-state index contributed by atoms with van der Waals surface area (Å²) in [4.78, 5) is 12.7.